The second kappa shape index (κ2) is 7.27. The van der Waals surface area contributed by atoms with Gasteiger partial charge in [0.25, 0.3) is 11.1 Å². The highest BCUT2D eigenvalue weighted by Gasteiger charge is 2.22. The second-order valence-corrected chi connectivity index (χ2v) is 9.13. The van der Waals surface area contributed by atoms with E-state index >= 15 is 0 Å². The molecular formula is C17H23N3O2S2. The fourth-order valence-electron chi connectivity index (χ4n) is 2.77. The number of aromatic nitrogens is 2. The number of nitrogens with one attached hydrogen (secondary N) is 1. The number of hydrogen-bond donors (Lipinski definition) is 1. The summed E-state index contributed by atoms with van der Waals surface area (Å²) >= 11 is 3.05. The van der Waals surface area contributed by atoms with Crippen molar-refractivity contribution < 1.29 is 9.21 Å². The SMILES string of the molecule is CC(C)NC(=O)[C@H](C)Sc1nnc(-c2cc3c(s2)CC[C@H](C)C3)o1. The van der Waals surface area contributed by atoms with Crippen LogP contribution in [-0.4, -0.2) is 27.4 Å². The van der Waals surface area contributed by atoms with Crippen LogP contribution in [0.4, 0.5) is 0 Å². The van der Waals surface area contributed by atoms with Crippen molar-refractivity contribution in [1.82, 2.24) is 15.5 Å². The van der Waals surface area contributed by atoms with Crippen molar-refractivity contribution in [2.45, 2.75) is 63.5 Å². The second-order valence-electron chi connectivity index (χ2n) is 6.70. The highest BCUT2D eigenvalue weighted by atomic mass is 32.2. The van der Waals surface area contributed by atoms with Gasteiger partial charge in [-0.15, -0.1) is 21.5 Å². The number of amides is 1. The topological polar surface area (TPSA) is 68.0 Å². The quantitative estimate of drug-likeness (QED) is 0.813. The molecule has 1 amide bonds. The minimum absolute atomic E-state index is 0.0182. The molecule has 2 aromatic heterocycles. The summed E-state index contributed by atoms with van der Waals surface area (Å²) in [5.74, 6) is 1.28. The fourth-order valence-corrected chi connectivity index (χ4v) is 4.60. The maximum absolute atomic E-state index is 12.0. The van der Waals surface area contributed by atoms with Gasteiger partial charge in [-0.25, -0.2) is 0 Å². The van der Waals surface area contributed by atoms with Crippen LogP contribution in [0.15, 0.2) is 15.7 Å². The van der Waals surface area contributed by atoms with Gasteiger partial charge in [-0.2, -0.15) is 0 Å². The first-order chi connectivity index (χ1) is 11.4. The van der Waals surface area contributed by atoms with Gasteiger partial charge in [-0.05, 0) is 57.6 Å². The van der Waals surface area contributed by atoms with E-state index in [1.54, 1.807) is 11.3 Å². The van der Waals surface area contributed by atoms with Crippen molar-refractivity contribution in [1.29, 1.82) is 0 Å². The summed E-state index contributed by atoms with van der Waals surface area (Å²) in [4.78, 5) is 14.5. The Labute approximate surface area is 150 Å². The van der Waals surface area contributed by atoms with E-state index in [2.05, 4.69) is 28.5 Å². The van der Waals surface area contributed by atoms with Crippen molar-refractivity contribution >= 4 is 29.0 Å². The number of thiophene rings is 1. The highest BCUT2D eigenvalue weighted by molar-refractivity contribution is 8.00. The highest BCUT2D eigenvalue weighted by Crippen LogP contribution is 2.37. The predicted octanol–water partition coefficient (Wildman–Crippen LogP) is 3.93. The molecule has 0 saturated heterocycles. The minimum atomic E-state index is -0.266. The van der Waals surface area contributed by atoms with Crippen LogP contribution in [0.25, 0.3) is 10.8 Å². The predicted molar refractivity (Wildman–Crippen MR) is 97.4 cm³/mol. The van der Waals surface area contributed by atoms with Crippen molar-refractivity contribution in [3.63, 3.8) is 0 Å². The van der Waals surface area contributed by atoms with Gasteiger partial charge in [0.15, 0.2) is 0 Å². The molecule has 2 heterocycles. The van der Waals surface area contributed by atoms with E-state index in [0.717, 1.165) is 23.6 Å². The van der Waals surface area contributed by atoms with Crippen LogP contribution in [0.2, 0.25) is 0 Å². The number of thioether (sulfide) groups is 1. The lowest BCUT2D eigenvalue weighted by atomic mass is 9.90. The maximum atomic E-state index is 12.0. The lowest BCUT2D eigenvalue weighted by Gasteiger charge is -2.16. The summed E-state index contributed by atoms with van der Waals surface area (Å²) in [6.45, 7) is 8.03. The molecule has 1 aliphatic rings. The molecule has 2 aromatic rings. The third-order valence-electron chi connectivity index (χ3n) is 4.02. The van der Waals surface area contributed by atoms with E-state index in [0.29, 0.717) is 11.1 Å². The molecule has 2 atom stereocenters. The molecule has 24 heavy (non-hydrogen) atoms. The first kappa shape index (κ1) is 17.5. The summed E-state index contributed by atoms with van der Waals surface area (Å²) < 4.78 is 5.77. The average Bonchev–Trinajstić information content (AvgIpc) is 3.12. The van der Waals surface area contributed by atoms with Crippen molar-refractivity contribution in [3.05, 3.63) is 16.5 Å². The van der Waals surface area contributed by atoms with E-state index in [4.69, 9.17) is 4.42 Å². The van der Waals surface area contributed by atoms with Gasteiger partial charge in [0, 0.05) is 10.9 Å². The summed E-state index contributed by atoms with van der Waals surface area (Å²) in [6.07, 6.45) is 3.53. The fraction of sp³-hybridized carbons (Fsp3) is 0.588. The van der Waals surface area contributed by atoms with Gasteiger partial charge in [0.2, 0.25) is 5.91 Å². The molecule has 0 bridgehead atoms. The van der Waals surface area contributed by atoms with Crippen LogP contribution >= 0.6 is 23.1 Å². The molecule has 7 heteroatoms. The Morgan fingerprint density at radius 2 is 2.21 bits per heavy atom. The first-order valence-corrected chi connectivity index (χ1v) is 10.0. The van der Waals surface area contributed by atoms with Crippen molar-refractivity contribution in [2.24, 2.45) is 5.92 Å². The number of fused-ring (bicyclic) bond motifs is 1. The molecule has 0 radical (unpaired) electrons. The molecule has 0 unspecified atom stereocenters. The Kier molecular flexibility index (Phi) is 5.30. The molecular weight excluding hydrogens is 342 g/mol. The molecule has 1 N–H and O–H groups in total. The molecule has 0 saturated carbocycles. The number of rotatable bonds is 5. The summed E-state index contributed by atoms with van der Waals surface area (Å²) in [7, 11) is 0. The summed E-state index contributed by atoms with van der Waals surface area (Å²) in [5, 5.41) is 11.3. The number of nitrogens with zero attached hydrogens (tertiary/aromatic N) is 2. The molecule has 1 aliphatic carbocycles. The van der Waals surface area contributed by atoms with Crippen LogP contribution in [-0.2, 0) is 17.6 Å². The van der Waals surface area contributed by atoms with E-state index in [9.17, 15) is 4.79 Å². The van der Waals surface area contributed by atoms with Crippen LogP contribution in [0.5, 0.6) is 0 Å². The smallest absolute Gasteiger partial charge is 0.277 e. The zero-order chi connectivity index (χ0) is 17.3. The molecule has 0 aromatic carbocycles. The van der Waals surface area contributed by atoms with E-state index in [1.165, 1.54) is 28.6 Å². The molecule has 130 valence electrons. The number of carbonyl (C=O) groups is 1. The minimum Gasteiger partial charge on any atom is -0.410 e. The van der Waals surface area contributed by atoms with Gasteiger partial charge >= 0.3 is 0 Å². The summed E-state index contributed by atoms with van der Waals surface area (Å²) in [5.41, 5.74) is 1.42. The standard InChI is InChI=1S/C17H23N3O2S2/c1-9(2)18-15(21)11(4)23-17-20-19-16(22-17)14-8-12-7-10(3)5-6-13(12)24-14/h8-11H,5-7H2,1-4H3,(H,18,21)/t10-,11-/m0/s1. The van der Waals surface area contributed by atoms with Crippen LogP contribution in [0.3, 0.4) is 0 Å². The molecule has 0 fully saturated rings. The molecule has 3 rings (SSSR count). The number of hydrogen-bond acceptors (Lipinski definition) is 6. The lowest BCUT2D eigenvalue weighted by molar-refractivity contribution is -0.120. The third kappa shape index (κ3) is 4.00. The van der Waals surface area contributed by atoms with Crippen LogP contribution in [0.1, 0.15) is 44.6 Å². The van der Waals surface area contributed by atoms with E-state index in [1.807, 2.05) is 20.8 Å². The van der Waals surface area contributed by atoms with E-state index < -0.39 is 0 Å². The lowest BCUT2D eigenvalue weighted by Crippen LogP contribution is -2.35. The summed E-state index contributed by atoms with van der Waals surface area (Å²) in [6, 6.07) is 2.31. The van der Waals surface area contributed by atoms with Gasteiger partial charge < -0.3 is 9.73 Å². The van der Waals surface area contributed by atoms with Crippen LogP contribution < -0.4 is 5.32 Å². The van der Waals surface area contributed by atoms with Gasteiger partial charge in [0.05, 0.1) is 10.1 Å². The van der Waals surface area contributed by atoms with Gasteiger partial charge in [-0.1, -0.05) is 18.7 Å². The monoisotopic (exact) mass is 365 g/mol. The maximum Gasteiger partial charge on any atom is 0.277 e. The van der Waals surface area contributed by atoms with E-state index in [-0.39, 0.29) is 17.2 Å². The largest absolute Gasteiger partial charge is 0.410 e. The van der Waals surface area contributed by atoms with Gasteiger partial charge in [0.1, 0.15) is 0 Å². The normalized spacial score (nSPS) is 18.5. The first-order valence-electron chi connectivity index (χ1n) is 8.35. The Bertz CT molecular complexity index is 723. The zero-order valence-corrected chi connectivity index (χ0v) is 16.1. The van der Waals surface area contributed by atoms with Gasteiger partial charge in [-0.3, -0.25) is 4.79 Å². The Morgan fingerprint density at radius 1 is 1.42 bits per heavy atom. The van der Waals surface area contributed by atoms with Crippen LogP contribution in [0, 0.1) is 5.92 Å². The average molecular weight is 366 g/mol. The molecule has 5 nitrogen and oxygen atoms in total. The molecule has 0 aliphatic heterocycles. The zero-order valence-electron chi connectivity index (χ0n) is 14.5. The Morgan fingerprint density at radius 3 is 2.96 bits per heavy atom. The molecule has 0 spiro atoms. The number of aryl methyl sites for hydroxylation is 1. The number of carbonyl (C=O) groups excluding carboxylic acids is 1. The third-order valence-corrected chi connectivity index (χ3v) is 6.18. The Hall–Kier alpha value is -1.34. The van der Waals surface area contributed by atoms with Crippen molar-refractivity contribution in [3.8, 4) is 10.8 Å². The Balaban J connectivity index is 1.69. The van der Waals surface area contributed by atoms with Crippen molar-refractivity contribution in [2.75, 3.05) is 0 Å².